The average Bonchev–Trinajstić information content (AvgIpc) is 3.22. The molecule has 1 aliphatic heterocycles. The quantitative estimate of drug-likeness (QED) is 0.874. The summed E-state index contributed by atoms with van der Waals surface area (Å²) >= 11 is 5.90. The van der Waals surface area contributed by atoms with Crippen molar-refractivity contribution in [1.82, 2.24) is 5.16 Å². The van der Waals surface area contributed by atoms with Gasteiger partial charge in [0.2, 0.25) is 17.7 Å². The van der Waals surface area contributed by atoms with E-state index in [1.807, 2.05) is 6.92 Å². The second kappa shape index (κ2) is 7.27. The van der Waals surface area contributed by atoms with Crippen LogP contribution in [-0.4, -0.2) is 23.0 Å². The molecule has 0 radical (unpaired) electrons. The van der Waals surface area contributed by atoms with E-state index < -0.39 is 6.04 Å². The van der Waals surface area contributed by atoms with Crippen molar-refractivity contribution in [3.63, 3.8) is 0 Å². The number of carbonyl (C=O) groups excluding carboxylic acids is 2. The highest BCUT2D eigenvalue weighted by Crippen LogP contribution is 2.29. The molecule has 1 saturated heterocycles. The molecule has 1 aromatic carbocycles. The lowest BCUT2D eigenvalue weighted by molar-refractivity contribution is -0.120. The van der Waals surface area contributed by atoms with Crippen LogP contribution in [0.3, 0.4) is 0 Å². The molecule has 2 unspecified atom stereocenters. The van der Waals surface area contributed by atoms with Crippen LogP contribution < -0.4 is 10.2 Å². The molecule has 0 saturated carbocycles. The molecular formula is C18H20ClN3O3. The monoisotopic (exact) mass is 361 g/mol. The number of amides is 2. The molecule has 2 aromatic rings. The Bertz CT molecular complexity index is 772. The summed E-state index contributed by atoms with van der Waals surface area (Å²) in [6.07, 6.45) is 1.72. The number of anilines is 2. The topological polar surface area (TPSA) is 75.4 Å². The summed E-state index contributed by atoms with van der Waals surface area (Å²) < 4.78 is 5.20. The summed E-state index contributed by atoms with van der Waals surface area (Å²) in [6.45, 7) is 4.10. The molecule has 3 rings (SSSR count). The molecule has 7 heteroatoms. The molecule has 132 valence electrons. The molecule has 2 amide bonds. The fourth-order valence-corrected chi connectivity index (χ4v) is 2.98. The Morgan fingerprint density at radius 2 is 2.16 bits per heavy atom. The van der Waals surface area contributed by atoms with Gasteiger partial charge in [0.1, 0.15) is 6.04 Å². The molecule has 1 aromatic heterocycles. The largest absolute Gasteiger partial charge is 0.338 e. The first-order chi connectivity index (χ1) is 12.0. The minimum Gasteiger partial charge on any atom is -0.338 e. The van der Waals surface area contributed by atoms with Gasteiger partial charge in [-0.05, 0) is 37.1 Å². The van der Waals surface area contributed by atoms with E-state index in [-0.39, 0.29) is 17.7 Å². The second-order valence-corrected chi connectivity index (χ2v) is 6.65. The van der Waals surface area contributed by atoms with Crippen molar-refractivity contribution in [3.05, 3.63) is 41.0 Å². The van der Waals surface area contributed by atoms with Crippen molar-refractivity contribution >= 4 is 35.0 Å². The van der Waals surface area contributed by atoms with E-state index in [0.717, 1.165) is 12.1 Å². The van der Waals surface area contributed by atoms with Gasteiger partial charge in [0.15, 0.2) is 0 Å². The summed E-state index contributed by atoms with van der Waals surface area (Å²) in [7, 11) is 0. The summed E-state index contributed by atoms with van der Waals surface area (Å²) in [6, 6.07) is 8.03. The van der Waals surface area contributed by atoms with Gasteiger partial charge in [-0.25, -0.2) is 0 Å². The first kappa shape index (κ1) is 17.5. The Labute approximate surface area is 151 Å². The van der Waals surface area contributed by atoms with E-state index in [9.17, 15) is 9.59 Å². The highest BCUT2D eigenvalue weighted by Gasteiger charge is 2.37. The van der Waals surface area contributed by atoms with E-state index in [2.05, 4.69) is 17.4 Å². The van der Waals surface area contributed by atoms with Crippen LogP contribution in [0.25, 0.3) is 0 Å². The van der Waals surface area contributed by atoms with Crippen molar-refractivity contribution in [2.45, 2.75) is 45.1 Å². The van der Waals surface area contributed by atoms with Gasteiger partial charge >= 0.3 is 0 Å². The van der Waals surface area contributed by atoms with Gasteiger partial charge in [-0.2, -0.15) is 0 Å². The van der Waals surface area contributed by atoms with E-state index in [0.29, 0.717) is 29.4 Å². The number of hydrogen-bond donors (Lipinski definition) is 1. The van der Waals surface area contributed by atoms with Crippen molar-refractivity contribution in [1.29, 1.82) is 0 Å². The smallest absolute Gasteiger partial charge is 0.249 e. The van der Waals surface area contributed by atoms with Crippen LogP contribution in [0.1, 0.15) is 44.7 Å². The SMILES string of the molecule is CCC(C)c1cc(NC(=O)C2CCC(=O)N2c2ccc(Cl)cc2)on1. The van der Waals surface area contributed by atoms with Crippen LogP contribution in [0.4, 0.5) is 11.6 Å². The first-order valence-electron chi connectivity index (χ1n) is 8.34. The lowest BCUT2D eigenvalue weighted by Gasteiger charge is -2.23. The third kappa shape index (κ3) is 3.69. The van der Waals surface area contributed by atoms with E-state index in [4.69, 9.17) is 16.1 Å². The summed E-state index contributed by atoms with van der Waals surface area (Å²) in [5.74, 6) is 0.191. The van der Waals surface area contributed by atoms with Crippen LogP contribution in [0.15, 0.2) is 34.9 Å². The maximum atomic E-state index is 12.6. The minimum atomic E-state index is -0.578. The lowest BCUT2D eigenvalue weighted by Crippen LogP contribution is -2.41. The zero-order valence-corrected chi connectivity index (χ0v) is 14.9. The zero-order chi connectivity index (χ0) is 18.0. The molecule has 0 spiro atoms. The van der Waals surface area contributed by atoms with Crippen LogP contribution in [0.5, 0.6) is 0 Å². The van der Waals surface area contributed by atoms with E-state index in [1.165, 1.54) is 4.90 Å². The van der Waals surface area contributed by atoms with Gasteiger partial charge in [-0.1, -0.05) is 30.6 Å². The fraction of sp³-hybridized carbons (Fsp3) is 0.389. The Balaban J connectivity index is 1.75. The summed E-state index contributed by atoms with van der Waals surface area (Å²) in [4.78, 5) is 26.4. The summed E-state index contributed by atoms with van der Waals surface area (Å²) in [5.41, 5.74) is 1.46. The van der Waals surface area contributed by atoms with Crippen LogP contribution in [0.2, 0.25) is 5.02 Å². The molecule has 1 fully saturated rings. The van der Waals surface area contributed by atoms with Gasteiger partial charge in [-0.15, -0.1) is 0 Å². The molecule has 2 atom stereocenters. The van der Waals surface area contributed by atoms with Gasteiger partial charge in [0.05, 0.1) is 5.69 Å². The zero-order valence-electron chi connectivity index (χ0n) is 14.2. The van der Waals surface area contributed by atoms with E-state index in [1.54, 1.807) is 30.3 Å². The van der Waals surface area contributed by atoms with Gasteiger partial charge in [0.25, 0.3) is 0 Å². The molecule has 6 nitrogen and oxygen atoms in total. The van der Waals surface area contributed by atoms with Crippen molar-refractivity contribution < 1.29 is 14.1 Å². The highest BCUT2D eigenvalue weighted by atomic mass is 35.5. The third-order valence-corrected chi connectivity index (χ3v) is 4.76. The molecule has 1 aliphatic rings. The standard InChI is InChI=1S/C18H20ClN3O3/c1-3-11(2)14-10-16(25-21-14)20-18(24)15-8-9-17(23)22(15)13-6-4-12(19)5-7-13/h4-7,10-11,15H,3,8-9H2,1-2H3,(H,20,24). The Morgan fingerprint density at radius 3 is 2.84 bits per heavy atom. The lowest BCUT2D eigenvalue weighted by atomic mass is 10.1. The summed E-state index contributed by atoms with van der Waals surface area (Å²) in [5, 5.41) is 7.29. The highest BCUT2D eigenvalue weighted by molar-refractivity contribution is 6.30. The molecule has 0 bridgehead atoms. The molecule has 2 heterocycles. The Kier molecular flexibility index (Phi) is 5.08. The number of carbonyl (C=O) groups is 2. The minimum absolute atomic E-state index is 0.0830. The second-order valence-electron chi connectivity index (χ2n) is 6.21. The number of nitrogens with zero attached hydrogens (tertiary/aromatic N) is 2. The Morgan fingerprint density at radius 1 is 1.44 bits per heavy atom. The van der Waals surface area contributed by atoms with Crippen molar-refractivity contribution in [3.8, 4) is 0 Å². The van der Waals surface area contributed by atoms with Gasteiger partial charge in [-0.3, -0.25) is 19.8 Å². The predicted octanol–water partition coefficient (Wildman–Crippen LogP) is 3.98. The molecule has 1 N–H and O–H groups in total. The van der Waals surface area contributed by atoms with Crippen LogP contribution >= 0.6 is 11.6 Å². The number of nitrogens with one attached hydrogen (secondary N) is 1. The Hall–Kier alpha value is -2.34. The molecule has 0 aliphatic carbocycles. The number of hydrogen-bond acceptors (Lipinski definition) is 4. The fourth-order valence-electron chi connectivity index (χ4n) is 2.85. The van der Waals surface area contributed by atoms with Crippen molar-refractivity contribution in [2.75, 3.05) is 10.2 Å². The van der Waals surface area contributed by atoms with Crippen molar-refractivity contribution in [2.24, 2.45) is 0 Å². The molecular weight excluding hydrogens is 342 g/mol. The maximum absolute atomic E-state index is 12.6. The maximum Gasteiger partial charge on any atom is 0.249 e. The number of benzene rings is 1. The van der Waals surface area contributed by atoms with Gasteiger partial charge < -0.3 is 4.52 Å². The first-order valence-corrected chi connectivity index (χ1v) is 8.72. The van der Waals surface area contributed by atoms with Crippen LogP contribution in [0, 0.1) is 0 Å². The van der Waals surface area contributed by atoms with E-state index >= 15 is 0 Å². The number of aromatic nitrogens is 1. The predicted molar refractivity (Wildman–Crippen MR) is 95.8 cm³/mol. The average molecular weight is 362 g/mol. The molecule has 25 heavy (non-hydrogen) atoms. The number of rotatable bonds is 5. The van der Waals surface area contributed by atoms with Gasteiger partial charge in [0, 0.05) is 29.1 Å². The van der Waals surface area contributed by atoms with Crippen LogP contribution in [-0.2, 0) is 9.59 Å². The third-order valence-electron chi connectivity index (χ3n) is 4.51. The normalized spacial score (nSPS) is 18.4. The number of halogens is 1.